The van der Waals surface area contributed by atoms with Crippen LogP contribution in [0.3, 0.4) is 0 Å². The predicted molar refractivity (Wildman–Crippen MR) is 35.9 cm³/mol. The van der Waals surface area contributed by atoms with Gasteiger partial charge in [0.05, 0.1) is 0 Å². The zero-order valence-electron chi connectivity index (χ0n) is 5.76. The van der Waals surface area contributed by atoms with Gasteiger partial charge < -0.3 is 0 Å². The number of rotatable bonds is 0. The van der Waals surface area contributed by atoms with E-state index in [9.17, 15) is 0 Å². The second kappa shape index (κ2) is 3.76. The van der Waals surface area contributed by atoms with Crippen LogP contribution < -0.4 is 0 Å². The summed E-state index contributed by atoms with van der Waals surface area (Å²) in [6, 6.07) is 8.36. The molecule has 0 saturated heterocycles. The van der Waals surface area contributed by atoms with Gasteiger partial charge in [0.2, 0.25) is 0 Å². The van der Waals surface area contributed by atoms with Crippen LogP contribution in [0.25, 0.3) is 0 Å². The maximum absolute atomic E-state index is 2.12. The molecule has 0 aromatic heterocycles. The SMILES string of the molecule is Cc1ccccc1C.[V]. The van der Waals surface area contributed by atoms with Crippen molar-refractivity contribution < 1.29 is 18.6 Å². The van der Waals surface area contributed by atoms with E-state index in [1.54, 1.807) is 0 Å². The molecule has 0 nitrogen and oxygen atoms in total. The van der Waals surface area contributed by atoms with Crippen LogP contribution in [-0.2, 0) is 18.6 Å². The quantitative estimate of drug-likeness (QED) is 0.542. The molecule has 0 aliphatic carbocycles. The van der Waals surface area contributed by atoms with Gasteiger partial charge in [0, 0.05) is 18.6 Å². The van der Waals surface area contributed by atoms with E-state index in [1.807, 2.05) is 0 Å². The first-order valence-corrected chi connectivity index (χ1v) is 2.83. The molecule has 0 aliphatic rings. The van der Waals surface area contributed by atoms with Crippen molar-refractivity contribution in [1.82, 2.24) is 0 Å². The van der Waals surface area contributed by atoms with Crippen molar-refractivity contribution >= 4 is 0 Å². The molecular weight excluding hydrogens is 147 g/mol. The van der Waals surface area contributed by atoms with E-state index < -0.39 is 0 Å². The summed E-state index contributed by atoms with van der Waals surface area (Å²) < 4.78 is 0. The third-order valence-corrected chi connectivity index (χ3v) is 1.43. The van der Waals surface area contributed by atoms with Gasteiger partial charge in [-0.1, -0.05) is 24.3 Å². The zero-order valence-corrected chi connectivity index (χ0v) is 7.15. The third kappa shape index (κ3) is 2.25. The van der Waals surface area contributed by atoms with Crippen LogP contribution in [0.1, 0.15) is 11.1 Å². The summed E-state index contributed by atoms with van der Waals surface area (Å²) in [7, 11) is 0. The first-order valence-electron chi connectivity index (χ1n) is 2.83. The van der Waals surface area contributed by atoms with E-state index in [-0.39, 0.29) is 18.6 Å². The number of hydrogen-bond acceptors (Lipinski definition) is 0. The summed E-state index contributed by atoms with van der Waals surface area (Å²) in [5.41, 5.74) is 2.74. The zero-order chi connectivity index (χ0) is 5.98. The van der Waals surface area contributed by atoms with E-state index in [2.05, 4.69) is 38.1 Å². The number of aryl methyl sites for hydroxylation is 2. The van der Waals surface area contributed by atoms with Gasteiger partial charge in [-0.15, -0.1) is 0 Å². The van der Waals surface area contributed by atoms with Crippen molar-refractivity contribution in [2.45, 2.75) is 13.8 Å². The molecule has 1 aromatic carbocycles. The molecular formula is C8H10V. The van der Waals surface area contributed by atoms with Crippen molar-refractivity contribution in [3.05, 3.63) is 35.4 Å². The van der Waals surface area contributed by atoms with E-state index in [0.717, 1.165) is 0 Å². The Morgan fingerprint density at radius 2 is 1.22 bits per heavy atom. The maximum Gasteiger partial charge on any atom is 0 e. The Bertz CT molecular complexity index is 161. The van der Waals surface area contributed by atoms with Crippen LogP contribution in [0, 0.1) is 13.8 Å². The second-order valence-corrected chi connectivity index (χ2v) is 2.08. The molecule has 0 heterocycles. The Hall–Kier alpha value is -0.196. The standard InChI is InChI=1S/C8H10.V/c1-7-5-3-4-6-8(7)2;/h3-6H,1-2H3;. The molecule has 0 bridgehead atoms. The minimum absolute atomic E-state index is 0. The number of hydrogen-bond donors (Lipinski definition) is 0. The van der Waals surface area contributed by atoms with Crippen molar-refractivity contribution in [2.75, 3.05) is 0 Å². The van der Waals surface area contributed by atoms with Gasteiger partial charge in [-0.2, -0.15) is 0 Å². The number of benzene rings is 1. The summed E-state index contributed by atoms with van der Waals surface area (Å²) in [4.78, 5) is 0. The Morgan fingerprint density at radius 1 is 0.889 bits per heavy atom. The van der Waals surface area contributed by atoms with Gasteiger partial charge in [-0.25, -0.2) is 0 Å². The molecule has 0 aliphatic heterocycles. The van der Waals surface area contributed by atoms with Gasteiger partial charge in [0.15, 0.2) is 0 Å². The van der Waals surface area contributed by atoms with E-state index >= 15 is 0 Å². The molecule has 0 fully saturated rings. The molecule has 0 unspecified atom stereocenters. The first-order chi connectivity index (χ1) is 3.80. The van der Waals surface area contributed by atoms with Crippen molar-refractivity contribution in [3.63, 3.8) is 0 Å². The van der Waals surface area contributed by atoms with Crippen LogP contribution in [0.4, 0.5) is 0 Å². The maximum atomic E-state index is 2.12. The molecule has 9 heavy (non-hydrogen) atoms. The average Bonchev–Trinajstić information content (AvgIpc) is 1.77. The molecule has 47 valence electrons. The Labute approximate surface area is 68.2 Å². The molecule has 0 amide bonds. The van der Waals surface area contributed by atoms with Crippen LogP contribution in [-0.4, -0.2) is 0 Å². The van der Waals surface area contributed by atoms with E-state index in [4.69, 9.17) is 0 Å². The monoisotopic (exact) mass is 157 g/mol. The van der Waals surface area contributed by atoms with Gasteiger partial charge >= 0.3 is 0 Å². The minimum atomic E-state index is 0. The molecule has 0 N–H and O–H groups in total. The fraction of sp³-hybridized carbons (Fsp3) is 0.250. The molecule has 0 spiro atoms. The summed E-state index contributed by atoms with van der Waals surface area (Å²) in [6.07, 6.45) is 0. The third-order valence-electron chi connectivity index (χ3n) is 1.43. The molecule has 0 saturated carbocycles. The predicted octanol–water partition coefficient (Wildman–Crippen LogP) is 2.30. The summed E-state index contributed by atoms with van der Waals surface area (Å²) >= 11 is 0. The molecule has 0 atom stereocenters. The van der Waals surface area contributed by atoms with Crippen LogP contribution in [0.5, 0.6) is 0 Å². The van der Waals surface area contributed by atoms with Crippen LogP contribution >= 0.6 is 0 Å². The Balaban J connectivity index is 0.000000640. The molecule has 1 radical (unpaired) electrons. The van der Waals surface area contributed by atoms with Crippen molar-refractivity contribution in [2.24, 2.45) is 0 Å². The Kier molecular flexibility index (Phi) is 3.68. The normalized spacial score (nSPS) is 8.22. The van der Waals surface area contributed by atoms with Crippen molar-refractivity contribution in [1.29, 1.82) is 0 Å². The summed E-state index contributed by atoms with van der Waals surface area (Å²) in [5.74, 6) is 0. The van der Waals surface area contributed by atoms with Gasteiger partial charge in [0.1, 0.15) is 0 Å². The Morgan fingerprint density at radius 3 is 1.44 bits per heavy atom. The fourth-order valence-corrected chi connectivity index (χ4v) is 0.663. The van der Waals surface area contributed by atoms with Crippen LogP contribution in [0.2, 0.25) is 0 Å². The van der Waals surface area contributed by atoms with Crippen LogP contribution in [0.15, 0.2) is 24.3 Å². The first kappa shape index (κ1) is 8.80. The summed E-state index contributed by atoms with van der Waals surface area (Å²) in [5, 5.41) is 0. The largest absolute Gasteiger partial charge is 0.0620 e. The van der Waals surface area contributed by atoms with Crippen molar-refractivity contribution in [3.8, 4) is 0 Å². The average molecular weight is 157 g/mol. The van der Waals surface area contributed by atoms with Gasteiger partial charge in [0.25, 0.3) is 0 Å². The second-order valence-electron chi connectivity index (χ2n) is 2.08. The minimum Gasteiger partial charge on any atom is -0.0620 e. The molecule has 1 heteroatoms. The topological polar surface area (TPSA) is 0 Å². The van der Waals surface area contributed by atoms with Gasteiger partial charge in [-0.05, 0) is 25.0 Å². The van der Waals surface area contributed by atoms with E-state index in [1.165, 1.54) is 11.1 Å². The summed E-state index contributed by atoms with van der Waals surface area (Å²) in [6.45, 7) is 4.24. The molecule has 1 aromatic rings. The smallest absolute Gasteiger partial charge is 0 e. The molecule has 1 rings (SSSR count). The van der Waals surface area contributed by atoms with Gasteiger partial charge in [-0.3, -0.25) is 0 Å². The van der Waals surface area contributed by atoms with E-state index in [0.29, 0.717) is 0 Å². The fourth-order valence-electron chi connectivity index (χ4n) is 0.663.